The molecule has 0 aromatic heterocycles. The molecule has 2 aliphatic carbocycles. The lowest BCUT2D eigenvalue weighted by molar-refractivity contribution is -0.146. The summed E-state index contributed by atoms with van der Waals surface area (Å²) in [4.78, 5) is 41.2. The van der Waals surface area contributed by atoms with E-state index in [2.05, 4.69) is 12.2 Å². The van der Waals surface area contributed by atoms with Crippen molar-refractivity contribution in [3.05, 3.63) is 71.3 Å². The molecule has 0 radical (unpaired) electrons. The lowest BCUT2D eigenvalue weighted by Crippen LogP contribution is -2.53. The van der Waals surface area contributed by atoms with E-state index in [1.165, 1.54) is 0 Å². The summed E-state index contributed by atoms with van der Waals surface area (Å²) in [7, 11) is 0. The largest absolute Gasteiger partial charge is 0.351 e. The number of hydrogen-bond donors (Lipinski definition) is 1. The molecule has 0 bridgehead atoms. The summed E-state index contributed by atoms with van der Waals surface area (Å²) >= 11 is 0. The fourth-order valence-electron chi connectivity index (χ4n) is 6.02. The fourth-order valence-corrected chi connectivity index (χ4v) is 6.02. The summed E-state index contributed by atoms with van der Waals surface area (Å²) in [6.45, 7) is 6.00. The lowest BCUT2D eigenvalue weighted by Gasteiger charge is -2.42. The van der Waals surface area contributed by atoms with Crippen molar-refractivity contribution in [3.8, 4) is 0 Å². The van der Waals surface area contributed by atoms with Crippen molar-refractivity contribution in [1.82, 2.24) is 5.32 Å². The Balaban J connectivity index is 1.84. The average molecular weight is 446 g/mol. The van der Waals surface area contributed by atoms with Crippen LogP contribution < -0.4 is 5.32 Å². The molecule has 1 aromatic carbocycles. The lowest BCUT2D eigenvalue weighted by atomic mass is 9.55. The molecule has 1 aliphatic heterocycles. The van der Waals surface area contributed by atoms with Gasteiger partial charge in [0, 0.05) is 12.0 Å². The van der Waals surface area contributed by atoms with E-state index in [-0.39, 0.29) is 29.4 Å². The first kappa shape index (κ1) is 23.4. The summed E-state index contributed by atoms with van der Waals surface area (Å²) in [6, 6.07) is 9.80. The second-order valence-electron chi connectivity index (χ2n) is 10.1. The molecule has 0 unspecified atom stereocenters. The van der Waals surface area contributed by atoms with E-state index in [1.807, 2.05) is 62.4 Å². The van der Waals surface area contributed by atoms with Crippen LogP contribution in [0.15, 0.2) is 65.8 Å². The minimum atomic E-state index is -1.41. The Labute approximate surface area is 197 Å². The second kappa shape index (κ2) is 9.62. The molecule has 4 heteroatoms. The maximum absolute atomic E-state index is 13.9. The van der Waals surface area contributed by atoms with E-state index in [0.29, 0.717) is 17.9 Å². The molecular weight excluding hydrogens is 410 g/mol. The standard InChI is InChI=1S/C29H35NO3/c1-19-12-7-4-5-10-17-25(31)29-23(16-11-13-19)27(32)21(3)20(2)26(29)24(30-28(29)33)18-22-14-8-6-9-15-22/h6,8-11,14-17,19,23-24,26H,4-5,7,12-13,18H2,1-3H3,(H,30,33)/b16-11-,17-10-/t19-,23-,24+,26+,29-/m1/s1. The van der Waals surface area contributed by atoms with Gasteiger partial charge < -0.3 is 5.32 Å². The number of carbonyl (C=O) groups excluding carboxylic acids is 3. The highest BCUT2D eigenvalue weighted by molar-refractivity contribution is 6.19. The van der Waals surface area contributed by atoms with Gasteiger partial charge in [0.05, 0.1) is 5.92 Å². The van der Waals surface area contributed by atoms with E-state index >= 15 is 0 Å². The molecule has 1 spiro atoms. The minimum absolute atomic E-state index is 0.0974. The van der Waals surface area contributed by atoms with Crippen LogP contribution in [0.5, 0.6) is 0 Å². The summed E-state index contributed by atoms with van der Waals surface area (Å²) in [6.07, 6.45) is 12.9. The van der Waals surface area contributed by atoms with Crippen LogP contribution >= 0.6 is 0 Å². The van der Waals surface area contributed by atoms with Gasteiger partial charge in [-0.05, 0) is 62.7 Å². The highest BCUT2D eigenvalue weighted by Crippen LogP contribution is 2.53. The third-order valence-electron chi connectivity index (χ3n) is 7.95. The summed E-state index contributed by atoms with van der Waals surface area (Å²) in [5.41, 5.74) is 1.25. The van der Waals surface area contributed by atoms with E-state index in [0.717, 1.165) is 43.2 Å². The van der Waals surface area contributed by atoms with Gasteiger partial charge in [0.1, 0.15) is 5.41 Å². The number of nitrogens with one attached hydrogen (secondary N) is 1. The first-order valence-electron chi connectivity index (χ1n) is 12.3. The van der Waals surface area contributed by atoms with E-state index < -0.39 is 11.3 Å². The quantitative estimate of drug-likeness (QED) is 0.506. The molecule has 1 amide bonds. The van der Waals surface area contributed by atoms with Gasteiger partial charge in [0.2, 0.25) is 5.91 Å². The monoisotopic (exact) mass is 445 g/mol. The van der Waals surface area contributed by atoms with Crippen LogP contribution in [-0.4, -0.2) is 23.5 Å². The van der Waals surface area contributed by atoms with Crippen LogP contribution in [0.3, 0.4) is 0 Å². The summed E-state index contributed by atoms with van der Waals surface area (Å²) < 4.78 is 0. The zero-order valence-corrected chi connectivity index (χ0v) is 20.0. The Kier molecular flexibility index (Phi) is 6.83. The highest BCUT2D eigenvalue weighted by atomic mass is 16.2. The first-order valence-corrected chi connectivity index (χ1v) is 12.3. The highest BCUT2D eigenvalue weighted by Gasteiger charge is 2.66. The van der Waals surface area contributed by atoms with Crippen molar-refractivity contribution in [1.29, 1.82) is 0 Å². The van der Waals surface area contributed by atoms with Crippen LogP contribution in [0.2, 0.25) is 0 Å². The normalized spacial score (nSPS) is 34.9. The van der Waals surface area contributed by atoms with Crippen molar-refractivity contribution >= 4 is 17.5 Å². The number of allylic oxidation sites excluding steroid dienone is 5. The van der Waals surface area contributed by atoms with Gasteiger partial charge in [0.25, 0.3) is 0 Å². The smallest absolute Gasteiger partial charge is 0.236 e. The van der Waals surface area contributed by atoms with Crippen LogP contribution in [0.25, 0.3) is 0 Å². The molecule has 4 nitrogen and oxygen atoms in total. The molecule has 1 aromatic rings. The van der Waals surface area contributed by atoms with Crippen molar-refractivity contribution in [2.45, 2.75) is 65.3 Å². The number of amides is 1. The molecule has 5 atom stereocenters. The maximum atomic E-state index is 13.9. The second-order valence-corrected chi connectivity index (χ2v) is 10.1. The molecule has 4 rings (SSSR count). The summed E-state index contributed by atoms with van der Waals surface area (Å²) in [5, 5.41) is 3.16. The van der Waals surface area contributed by atoms with E-state index in [9.17, 15) is 14.4 Å². The molecular formula is C29H35NO3. The molecule has 33 heavy (non-hydrogen) atoms. The molecule has 0 saturated carbocycles. The van der Waals surface area contributed by atoms with E-state index in [1.54, 1.807) is 6.08 Å². The van der Waals surface area contributed by atoms with Crippen molar-refractivity contribution in [3.63, 3.8) is 0 Å². The van der Waals surface area contributed by atoms with E-state index in [4.69, 9.17) is 0 Å². The zero-order valence-electron chi connectivity index (χ0n) is 20.0. The number of ketones is 2. The van der Waals surface area contributed by atoms with Crippen molar-refractivity contribution in [2.24, 2.45) is 23.2 Å². The van der Waals surface area contributed by atoms with Gasteiger partial charge in [0.15, 0.2) is 11.6 Å². The first-order chi connectivity index (χ1) is 15.9. The number of Topliss-reactive ketones (excluding diaryl/α,β-unsaturated/α-hetero) is 1. The SMILES string of the molecule is CC1=C(C)[C@H]2[C@H](Cc3ccccc3)NC(=O)[C@]23C(=O)/C=C\CCCC[C@@H](C)C/C=C\[C@@H]3C1=O. The number of carbonyl (C=O) groups is 3. The third kappa shape index (κ3) is 4.16. The summed E-state index contributed by atoms with van der Waals surface area (Å²) in [5.74, 6) is -1.24. The Morgan fingerprint density at radius 3 is 2.55 bits per heavy atom. The number of hydrogen-bond acceptors (Lipinski definition) is 3. The molecule has 1 heterocycles. The Hall–Kier alpha value is -2.75. The Bertz CT molecular complexity index is 1020. The number of benzene rings is 1. The van der Waals surface area contributed by atoms with Crippen LogP contribution in [-0.2, 0) is 20.8 Å². The van der Waals surface area contributed by atoms with Gasteiger partial charge >= 0.3 is 0 Å². The predicted octanol–water partition coefficient (Wildman–Crippen LogP) is 5.15. The van der Waals surface area contributed by atoms with Crippen LogP contribution in [0.4, 0.5) is 0 Å². The molecule has 1 fully saturated rings. The Morgan fingerprint density at radius 2 is 1.79 bits per heavy atom. The molecule has 174 valence electrons. The average Bonchev–Trinajstić information content (AvgIpc) is 3.09. The van der Waals surface area contributed by atoms with Gasteiger partial charge in [-0.2, -0.15) is 0 Å². The van der Waals surface area contributed by atoms with Gasteiger partial charge in [-0.25, -0.2) is 0 Å². The maximum Gasteiger partial charge on any atom is 0.236 e. The predicted molar refractivity (Wildman–Crippen MR) is 130 cm³/mol. The fraction of sp³-hybridized carbons (Fsp3) is 0.483. The van der Waals surface area contributed by atoms with Crippen molar-refractivity contribution < 1.29 is 14.4 Å². The minimum Gasteiger partial charge on any atom is -0.351 e. The molecule has 1 N–H and O–H groups in total. The molecule has 1 saturated heterocycles. The van der Waals surface area contributed by atoms with Crippen LogP contribution in [0.1, 0.15) is 58.4 Å². The topological polar surface area (TPSA) is 63.2 Å². The third-order valence-corrected chi connectivity index (χ3v) is 7.95. The Morgan fingerprint density at radius 1 is 1.03 bits per heavy atom. The van der Waals surface area contributed by atoms with Gasteiger partial charge in [-0.3, -0.25) is 14.4 Å². The molecule has 3 aliphatic rings. The van der Waals surface area contributed by atoms with Crippen molar-refractivity contribution in [2.75, 3.05) is 0 Å². The van der Waals surface area contributed by atoms with Gasteiger partial charge in [-0.15, -0.1) is 0 Å². The van der Waals surface area contributed by atoms with Gasteiger partial charge in [-0.1, -0.05) is 73.9 Å². The van der Waals surface area contributed by atoms with Crippen LogP contribution in [0, 0.1) is 23.2 Å². The zero-order chi connectivity index (χ0) is 23.6. The number of rotatable bonds is 2.